The fourth-order valence-corrected chi connectivity index (χ4v) is 5.64. The van der Waals surface area contributed by atoms with Crippen LogP contribution in [0.25, 0.3) is 0 Å². The first-order chi connectivity index (χ1) is 15.5. The Morgan fingerprint density at radius 1 is 0.970 bits per heavy atom. The Hall–Kier alpha value is -1.11. The average Bonchev–Trinajstić information content (AvgIpc) is 2.80. The molecular weight excluding hydrogens is 436 g/mol. The van der Waals surface area contributed by atoms with Crippen LogP contribution >= 0.6 is 0 Å². The van der Waals surface area contributed by atoms with Crippen molar-refractivity contribution in [3.05, 3.63) is 12.2 Å². The minimum Gasteiger partial charge on any atom is -0.462 e. The summed E-state index contributed by atoms with van der Waals surface area (Å²) >= 11 is 0. The fraction of sp³-hybridized carbons (Fsp3) is 0.885. The number of hydrogen-bond donors (Lipinski definition) is 1. The van der Waals surface area contributed by atoms with Crippen molar-refractivity contribution >= 4 is 5.97 Å². The van der Waals surface area contributed by atoms with Crippen molar-refractivity contribution in [1.82, 2.24) is 0 Å². The van der Waals surface area contributed by atoms with Gasteiger partial charge in [0.1, 0.15) is 0 Å². The number of aliphatic hydroxyl groups excluding tert-OH is 1. The molecule has 0 aliphatic heterocycles. The molecule has 0 aromatic heterocycles. The predicted molar refractivity (Wildman–Crippen MR) is 121 cm³/mol. The SMILES string of the molecule is C=C(C)C(=O)OCC(CO)C1CCC(C(F)(F)C(F)(F)C2CCC(CCCCC)CC2)CC1. The van der Waals surface area contributed by atoms with Crippen LogP contribution in [-0.2, 0) is 9.53 Å². The highest BCUT2D eigenvalue weighted by Crippen LogP contribution is 2.54. The number of aliphatic hydroxyl groups is 1. The first-order valence-corrected chi connectivity index (χ1v) is 12.7. The number of halogens is 4. The minimum absolute atomic E-state index is 0.00937. The molecular formula is C26H42F4O3. The second-order valence-electron chi connectivity index (χ2n) is 10.4. The van der Waals surface area contributed by atoms with Crippen molar-refractivity contribution in [3.8, 4) is 0 Å². The maximum Gasteiger partial charge on any atom is 0.333 e. The topological polar surface area (TPSA) is 46.5 Å². The number of rotatable bonds is 12. The van der Waals surface area contributed by atoms with E-state index in [0.717, 1.165) is 25.7 Å². The first-order valence-electron chi connectivity index (χ1n) is 12.7. The zero-order valence-electron chi connectivity index (χ0n) is 20.3. The molecule has 7 heteroatoms. The number of alkyl halides is 4. The van der Waals surface area contributed by atoms with Crippen LogP contribution < -0.4 is 0 Å². The Morgan fingerprint density at radius 2 is 1.48 bits per heavy atom. The van der Waals surface area contributed by atoms with E-state index in [9.17, 15) is 9.90 Å². The Morgan fingerprint density at radius 3 is 1.94 bits per heavy atom. The van der Waals surface area contributed by atoms with Crippen molar-refractivity contribution in [1.29, 1.82) is 0 Å². The van der Waals surface area contributed by atoms with Gasteiger partial charge in [0.05, 0.1) is 6.61 Å². The number of ether oxygens (including phenoxy) is 1. The molecule has 0 spiro atoms. The molecule has 33 heavy (non-hydrogen) atoms. The van der Waals surface area contributed by atoms with Gasteiger partial charge in [0.2, 0.25) is 0 Å². The maximum absolute atomic E-state index is 15.1. The molecule has 2 aliphatic carbocycles. The van der Waals surface area contributed by atoms with Crippen LogP contribution in [0.5, 0.6) is 0 Å². The van der Waals surface area contributed by atoms with Gasteiger partial charge in [-0.25, -0.2) is 4.79 Å². The van der Waals surface area contributed by atoms with Crippen molar-refractivity contribution in [2.45, 2.75) is 103 Å². The normalized spacial score (nSPS) is 27.7. The quantitative estimate of drug-likeness (QED) is 0.140. The van der Waals surface area contributed by atoms with Gasteiger partial charge in [-0.3, -0.25) is 0 Å². The van der Waals surface area contributed by atoms with Crippen LogP contribution in [-0.4, -0.2) is 36.1 Å². The van der Waals surface area contributed by atoms with E-state index in [1.165, 1.54) is 6.92 Å². The summed E-state index contributed by atoms with van der Waals surface area (Å²) in [4.78, 5) is 11.6. The van der Waals surface area contributed by atoms with Crippen molar-refractivity contribution in [2.75, 3.05) is 13.2 Å². The van der Waals surface area contributed by atoms with Crippen LogP contribution in [0, 0.1) is 29.6 Å². The van der Waals surface area contributed by atoms with E-state index < -0.39 is 29.7 Å². The molecule has 0 heterocycles. The summed E-state index contributed by atoms with van der Waals surface area (Å²) in [7, 11) is 0. The molecule has 0 aromatic carbocycles. The summed E-state index contributed by atoms with van der Waals surface area (Å²) in [6.45, 7) is 6.87. The molecule has 3 nitrogen and oxygen atoms in total. The smallest absolute Gasteiger partial charge is 0.333 e. The number of carbonyl (C=O) groups is 1. The van der Waals surface area contributed by atoms with E-state index in [1.807, 2.05) is 0 Å². The molecule has 2 aliphatic rings. The van der Waals surface area contributed by atoms with E-state index >= 15 is 17.6 Å². The largest absolute Gasteiger partial charge is 0.462 e. The van der Waals surface area contributed by atoms with Crippen molar-refractivity contribution in [2.24, 2.45) is 29.6 Å². The van der Waals surface area contributed by atoms with Gasteiger partial charge < -0.3 is 9.84 Å². The Bertz CT molecular complexity index is 621. The molecule has 0 saturated heterocycles. The molecule has 0 bridgehead atoms. The van der Waals surface area contributed by atoms with Gasteiger partial charge in [0.15, 0.2) is 0 Å². The second-order valence-corrected chi connectivity index (χ2v) is 10.4. The molecule has 1 unspecified atom stereocenters. The summed E-state index contributed by atoms with van der Waals surface area (Å²) < 4.78 is 65.4. The lowest BCUT2D eigenvalue weighted by Gasteiger charge is -2.43. The number of carbonyl (C=O) groups excluding carboxylic acids is 1. The van der Waals surface area contributed by atoms with Gasteiger partial charge in [-0.1, -0.05) is 39.2 Å². The highest BCUT2D eigenvalue weighted by molar-refractivity contribution is 5.86. The molecule has 0 aromatic rings. The van der Waals surface area contributed by atoms with Gasteiger partial charge in [-0.05, 0) is 70.1 Å². The highest BCUT2D eigenvalue weighted by atomic mass is 19.3. The summed E-state index contributed by atoms with van der Waals surface area (Å²) in [6.07, 6.45) is 6.54. The third-order valence-corrected chi connectivity index (χ3v) is 7.98. The number of unbranched alkanes of at least 4 members (excludes halogenated alkanes) is 2. The van der Waals surface area contributed by atoms with Crippen LogP contribution in [0.3, 0.4) is 0 Å². The second kappa shape index (κ2) is 12.6. The van der Waals surface area contributed by atoms with Crippen LogP contribution in [0.4, 0.5) is 17.6 Å². The van der Waals surface area contributed by atoms with E-state index in [-0.39, 0.29) is 56.3 Å². The lowest BCUT2D eigenvalue weighted by molar-refractivity contribution is -0.270. The highest BCUT2D eigenvalue weighted by Gasteiger charge is 2.64. The lowest BCUT2D eigenvalue weighted by Crippen LogP contribution is -2.53. The van der Waals surface area contributed by atoms with E-state index in [0.29, 0.717) is 31.6 Å². The average molecular weight is 479 g/mol. The van der Waals surface area contributed by atoms with E-state index in [2.05, 4.69) is 13.5 Å². The minimum atomic E-state index is -4.03. The summed E-state index contributed by atoms with van der Waals surface area (Å²) in [5.41, 5.74) is 0.243. The van der Waals surface area contributed by atoms with E-state index in [1.54, 1.807) is 0 Å². The van der Waals surface area contributed by atoms with Crippen molar-refractivity contribution in [3.63, 3.8) is 0 Å². The zero-order valence-corrected chi connectivity index (χ0v) is 20.3. The summed E-state index contributed by atoms with van der Waals surface area (Å²) in [6, 6.07) is 0. The predicted octanol–water partition coefficient (Wildman–Crippen LogP) is 7.18. The van der Waals surface area contributed by atoms with Gasteiger partial charge in [-0.2, -0.15) is 17.6 Å². The zero-order chi connectivity index (χ0) is 24.6. The van der Waals surface area contributed by atoms with E-state index in [4.69, 9.17) is 4.74 Å². The fourth-order valence-electron chi connectivity index (χ4n) is 5.64. The van der Waals surface area contributed by atoms with Crippen LogP contribution in [0.2, 0.25) is 0 Å². The van der Waals surface area contributed by atoms with Gasteiger partial charge in [-0.15, -0.1) is 0 Å². The standard InChI is InChI=1S/C26H42F4O3/c1-4-5-6-7-19-8-12-22(13-9-19)25(27,28)26(29,30)23-14-10-20(11-15-23)21(16-31)17-33-24(32)18(2)3/h19-23,31H,2,4-17H2,1,3H3. The third-order valence-electron chi connectivity index (χ3n) is 7.98. The lowest BCUT2D eigenvalue weighted by atomic mass is 9.69. The number of esters is 1. The molecule has 2 saturated carbocycles. The maximum atomic E-state index is 15.1. The third kappa shape index (κ3) is 7.19. The molecule has 1 atom stereocenters. The molecule has 2 fully saturated rings. The first kappa shape index (κ1) is 28.1. The van der Waals surface area contributed by atoms with Gasteiger partial charge in [0.25, 0.3) is 0 Å². The molecule has 0 radical (unpaired) electrons. The Labute approximate surface area is 196 Å². The van der Waals surface area contributed by atoms with Gasteiger partial charge in [0, 0.05) is 29.9 Å². The van der Waals surface area contributed by atoms with Gasteiger partial charge >= 0.3 is 17.8 Å². The van der Waals surface area contributed by atoms with Crippen molar-refractivity contribution < 1.29 is 32.2 Å². The summed E-state index contributed by atoms with van der Waals surface area (Å²) in [5, 5.41) is 9.66. The number of hydrogen-bond acceptors (Lipinski definition) is 3. The Balaban J connectivity index is 1.88. The van der Waals surface area contributed by atoms with Crippen LogP contribution in [0.15, 0.2) is 12.2 Å². The summed E-state index contributed by atoms with van der Waals surface area (Å²) in [5.74, 6) is -11.3. The molecule has 1 N–H and O–H groups in total. The Kier molecular flexibility index (Phi) is 10.7. The molecule has 192 valence electrons. The molecule has 0 amide bonds. The molecule has 2 rings (SSSR count). The monoisotopic (exact) mass is 478 g/mol. The van der Waals surface area contributed by atoms with Crippen LogP contribution in [0.1, 0.15) is 90.9 Å².